The summed E-state index contributed by atoms with van der Waals surface area (Å²) in [5, 5.41) is 0. The maximum atomic E-state index is 2.12. The van der Waals surface area contributed by atoms with Crippen LogP contribution < -0.4 is 59.1 Å². The molecule has 0 aliphatic carbocycles. The van der Waals surface area contributed by atoms with E-state index in [1.807, 2.05) is 12.1 Å². The summed E-state index contributed by atoms with van der Waals surface area (Å²) in [6, 6.07) is 20.8. The summed E-state index contributed by atoms with van der Waals surface area (Å²) >= 11 is 0. The van der Waals surface area contributed by atoms with Crippen LogP contribution in [-0.2, 0) is 0 Å². The van der Waals surface area contributed by atoms with E-state index >= 15 is 0 Å². The Bertz CT molecular complexity index is 306. The first kappa shape index (κ1) is 14.4. The van der Waals surface area contributed by atoms with Crippen LogP contribution in [0.5, 0.6) is 0 Å². The van der Waals surface area contributed by atoms with Crippen molar-refractivity contribution >= 4 is 0 Å². The van der Waals surface area contributed by atoms with E-state index in [2.05, 4.69) is 48.5 Å². The quantitative estimate of drug-likeness (QED) is 0.442. The Morgan fingerprint density at radius 2 is 0.714 bits per heavy atom. The molecule has 2 aromatic rings. The van der Waals surface area contributed by atoms with Crippen LogP contribution in [0, 0.1) is 0 Å². The normalized spacial score (nSPS) is 8.29. The van der Waals surface area contributed by atoms with Gasteiger partial charge in [0.15, 0.2) is 0 Å². The van der Waals surface area contributed by atoms with Gasteiger partial charge in [0.1, 0.15) is 0 Å². The van der Waals surface area contributed by atoms with Gasteiger partial charge in [0.25, 0.3) is 0 Å². The molecule has 0 radical (unpaired) electrons. The molecule has 0 bridgehead atoms. The van der Waals surface area contributed by atoms with Gasteiger partial charge in [0, 0.05) is 0 Å². The predicted octanol–water partition coefficient (Wildman–Crippen LogP) is -2.64. The molecule has 0 unspecified atom stereocenters. The van der Waals surface area contributed by atoms with Crippen LogP contribution in [0.15, 0.2) is 60.7 Å². The SMILES string of the molecule is [Na+].[Na+].c1ccc(-c2ccccc2)cc1. The first-order valence-corrected chi connectivity index (χ1v) is 4.07. The van der Waals surface area contributed by atoms with Crippen LogP contribution in [0.3, 0.4) is 0 Å². The second kappa shape index (κ2) is 7.70. The van der Waals surface area contributed by atoms with Crippen molar-refractivity contribution in [3.8, 4) is 11.1 Å². The topological polar surface area (TPSA) is 0 Å². The van der Waals surface area contributed by atoms with Gasteiger partial charge in [-0.2, -0.15) is 0 Å². The molecule has 0 spiro atoms. The van der Waals surface area contributed by atoms with E-state index in [0.29, 0.717) is 0 Å². The van der Waals surface area contributed by atoms with Gasteiger partial charge in [-0.25, -0.2) is 0 Å². The van der Waals surface area contributed by atoms with Gasteiger partial charge < -0.3 is 0 Å². The third-order valence-electron chi connectivity index (χ3n) is 1.88. The van der Waals surface area contributed by atoms with E-state index in [0.717, 1.165) is 0 Å². The van der Waals surface area contributed by atoms with Crippen molar-refractivity contribution in [2.45, 2.75) is 0 Å². The number of benzene rings is 2. The van der Waals surface area contributed by atoms with Crippen molar-refractivity contribution in [1.82, 2.24) is 0 Å². The fourth-order valence-corrected chi connectivity index (χ4v) is 1.26. The molecule has 0 aliphatic rings. The summed E-state index contributed by atoms with van der Waals surface area (Å²) in [6.07, 6.45) is 0. The van der Waals surface area contributed by atoms with Crippen molar-refractivity contribution in [3.05, 3.63) is 60.7 Å². The molecule has 14 heavy (non-hydrogen) atoms. The Labute approximate surface area is 129 Å². The van der Waals surface area contributed by atoms with Crippen LogP contribution in [0.4, 0.5) is 0 Å². The minimum absolute atomic E-state index is 0. The van der Waals surface area contributed by atoms with Gasteiger partial charge in [0.05, 0.1) is 0 Å². The van der Waals surface area contributed by atoms with Crippen LogP contribution in [-0.4, -0.2) is 0 Å². The van der Waals surface area contributed by atoms with E-state index < -0.39 is 0 Å². The smallest absolute Gasteiger partial charge is 0.0622 e. The zero-order valence-electron chi connectivity index (χ0n) is 8.77. The summed E-state index contributed by atoms with van der Waals surface area (Å²) < 4.78 is 0. The fraction of sp³-hybridized carbons (Fsp3) is 0. The van der Waals surface area contributed by atoms with E-state index in [-0.39, 0.29) is 59.1 Å². The average Bonchev–Trinajstić information content (AvgIpc) is 2.21. The molecule has 0 saturated carbocycles. The molecule has 2 rings (SSSR count). The van der Waals surface area contributed by atoms with Gasteiger partial charge >= 0.3 is 59.1 Å². The molecule has 0 heterocycles. The zero-order chi connectivity index (χ0) is 8.23. The monoisotopic (exact) mass is 200 g/mol. The number of hydrogen-bond donors (Lipinski definition) is 0. The Balaban J connectivity index is 0.000000845. The molecule has 0 aromatic heterocycles. The van der Waals surface area contributed by atoms with E-state index in [1.165, 1.54) is 11.1 Å². The fourth-order valence-electron chi connectivity index (χ4n) is 1.26. The molecular weight excluding hydrogens is 190 g/mol. The Kier molecular flexibility index (Phi) is 7.94. The van der Waals surface area contributed by atoms with Gasteiger partial charge in [0.2, 0.25) is 0 Å². The molecular formula is C12H10Na2+2. The molecule has 0 saturated heterocycles. The minimum Gasteiger partial charge on any atom is -0.0622 e. The van der Waals surface area contributed by atoms with Crippen LogP contribution in [0.2, 0.25) is 0 Å². The van der Waals surface area contributed by atoms with Gasteiger partial charge in [-0.1, -0.05) is 60.7 Å². The zero-order valence-corrected chi connectivity index (χ0v) is 12.8. The first-order valence-electron chi connectivity index (χ1n) is 4.07. The van der Waals surface area contributed by atoms with Crippen LogP contribution in [0.25, 0.3) is 11.1 Å². The molecule has 0 aliphatic heterocycles. The molecule has 2 heteroatoms. The van der Waals surface area contributed by atoms with Crippen LogP contribution in [0.1, 0.15) is 0 Å². The molecule has 0 fully saturated rings. The van der Waals surface area contributed by atoms with E-state index in [1.54, 1.807) is 0 Å². The largest absolute Gasteiger partial charge is 1.00 e. The first-order chi connectivity index (χ1) is 5.97. The average molecular weight is 200 g/mol. The summed E-state index contributed by atoms with van der Waals surface area (Å²) in [5.41, 5.74) is 2.55. The summed E-state index contributed by atoms with van der Waals surface area (Å²) in [7, 11) is 0. The maximum absolute atomic E-state index is 2.12. The molecule has 58 valence electrons. The molecule has 0 N–H and O–H groups in total. The second-order valence-corrected chi connectivity index (χ2v) is 2.73. The Hall–Kier alpha value is 0.440. The second-order valence-electron chi connectivity index (χ2n) is 2.73. The van der Waals surface area contributed by atoms with Crippen molar-refractivity contribution in [2.24, 2.45) is 0 Å². The Morgan fingerprint density at radius 3 is 1.00 bits per heavy atom. The molecule has 0 atom stereocenters. The molecule has 0 nitrogen and oxygen atoms in total. The maximum Gasteiger partial charge on any atom is 1.00 e. The van der Waals surface area contributed by atoms with Crippen molar-refractivity contribution < 1.29 is 59.1 Å². The van der Waals surface area contributed by atoms with Gasteiger partial charge in [-0.3, -0.25) is 0 Å². The Morgan fingerprint density at radius 1 is 0.429 bits per heavy atom. The standard InChI is InChI=1S/C12H10.2Na/c1-3-7-11(8-4-1)12-9-5-2-6-10-12;;/h1-10H;;/q;2*+1. The number of rotatable bonds is 1. The summed E-state index contributed by atoms with van der Waals surface area (Å²) in [5.74, 6) is 0. The molecule has 2 aromatic carbocycles. The predicted molar refractivity (Wildman–Crippen MR) is 51.9 cm³/mol. The van der Waals surface area contributed by atoms with Crippen LogP contribution >= 0.6 is 0 Å². The molecule has 0 amide bonds. The van der Waals surface area contributed by atoms with Gasteiger partial charge in [-0.15, -0.1) is 0 Å². The van der Waals surface area contributed by atoms with Crippen molar-refractivity contribution in [1.29, 1.82) is 0 Å². The van der Waals surface area contributed by atoms with Gasteiger partial charge in [-0.05, 0) is 11.1 Å². The third-order valence-corrected chi connectivity index (χ3v) is 1.88. The third kappa shape index (κ3) is 3.90. The minimum atomic E-state index is 0. The summed E-state index contributed by atoms with van der Waals surface area (Å²) in [6.45, 7) is 0. The van der Waals surface area contributed by atoms with Crippen molar-refractivity contribution in [3.63, 3.8) is 0 Å². The van der Waals surface area contributed by atoms with Crippen molar-refractivity contribution in [2.75, 3.05) is 0 Å². The number of hydrogen-bond acceptors (Lipinski definition) is 0. The summed E-state index contributed by atoms with van der Waals surface area (Å²) in [4.78, 5) is 0. The van der Waals surface area contributed by atoms with E-state index in [4.69, 9.17) is 0 Å². The van der Waals surface area contributed by atoms with E-state index in [9.17, 15) is 0 Å².